The standard InChI is InChI=1S/C50H59FN12O3/c1-2-50(49(66)57-36-5-3-4-6-36)19-23-61(24-20-50)44-15-7-33(27-53-44)46-47-34(26-52)28-55-63(47)31-43(58-46)35-29-54-62(30-35)39-11-9-38(10-12-39)60-21-17-32(18-22-60)40-13-8-37(25-41(40)51)56-42-14-16-45(64)59-48(42)65/h7-8,13,15,25,27-32,36,38-39,42,56H,2-6,9-12,14,16-24H2,1H3,(H,57,66)(H,59,64,65). The van der Waals surface area contributed by atoms with Gasteiger partial charge in [-0.1, -0.05) is 25.8 Å². The number of rotatable bonds is 11. The number of nitriles is 1. The van der Waals surface area contributed by atoms with E-state index in [4.69, 9.17) is 15.1 Å². The molecule has 3 N–H and O–H groups in total. The molecule has 0 bridgehead atoms. The Morgan fingerprint density at radius 1 is 0.894 bits per heavy atom. The lowest BCUT2D eigenvalue weighted by molar-refractivity contribution is -0.134. The first-order valence-electron chi connectivity index (χ1n) is 24.2. The average Bonchev–Trinajstić information content (AvgIpc) is 4.15. The predicted molar refractivity (Wildman–Crippen MR) is 248 cm³/mol. The Kier molecular flexibility index (Phi) is 12.3. The van der Waals surface area contributed by atoms with Gasteiger partial charge >= 0.3 is 0 Å². The van der Waals surface area contributed by atoms with Gasteiger partial charge in [-0.25, -0.2) is 18.9 Å². The van der Waals surface area contributed by atoms with Crippen LogP contribution in [0.4, 0.5) is 15.9 Å². The average molecular weight is 895 g/mol. The molecule has 1 atom stereocenters. The van der Waals surface area contributed by atoms with Gasteiger partial charge in [0, 0.05) is 60.8 Å². The molecule has 5 fully saturated rings. The van der Waals surface area contributed by atoms with E-state index in [9.17, 15) is 19.6 Å². The smallest absolute Gasteiger partial charge is 0.249 e. The molecule has 0 spiro atoms. The number of carbonyl (C=O) groups excluding carboxylic acids is 3. The second-order valence-corrected chi connectivity index (χ2v) is 19.3. The molecule has 4 aromatic heterocycles. The predicted octanol–water partition coefficient (Wildman–Crippen LogP) is 7.30. The highest BCUT2D eigenvalue weighted by atomic mass is 19.1. The van der Waals surface area contributed by atoms with Crippen LogP contribution in [-0.2, 0) is 14.4 Å². The summed E-state index contributed by atoms with van der Waals surface area (Å²) in [6.07, 6.45) is 22.8. The Hall–Kier alpha value is -6.21. The van der Waals surface area contributed by atoms with Crippen molar-refractivity contribution in [3.8, 4) is 28.6 Å². The molecule has 3 amide bonds. The lowest BCUT2D eigenvalue weighted by atomic mass is 9.75. The first-order chi connectivity index (χ1) is 32.2. The van der Waals surface area contributed by atoms with Crippen LogP contribution in [0.2, 0.25) is 0 Å². The number of nitrogens with zero attached hydrogens (tertiary/aromatic N) is 9. The zero-order chi connectivity index (χ0) is 45.4. The summed E-state index contributed by atoms with van der Waals surface area (Å²) in [7, 11) is 0. The second kappa shape index (κ2) is 18.6. The number of anilines is 2. The number of imide groups is 1. The molecule has 15 nitrogen and oxygen atoms in total. The molecule has 3 aliphatic heterocycles. The molecule has 2 aliphatic carbocycles. The summed E-state index contributed by atoms with van der Waals surface area (Å²) in [6.45, 7) is 5.51. The van der Waals surface area contributed by atoms with E-state index in [1.54, 1.807) is 10.7 Å². The van der Waals surface area contributed by atoms with Crippen molar-refractivity contribution in [3.63, 3.8) is 0 Å². The second-order valence-electron chi connectivity index (χ2n) is 19.3. The van der Waals surface area contributed by atoms with Crippen LogP contribution in [0.3, 0.4) is 0 Å². The molecule has 2 saturated carbocycles. The van der Waals surface area contributed by atoms with Crippen molar-refractivity contribution in [2.75, 3.05) is 36.4 Å². The number of amides is 3. The number of nitrogens with one attached hydrogen (secondary N) is 3. The van der Waals surface area contributed by atoms with Crippen molar-refractivity contribution in [2.45, 2.75) is 133 Å². The Bertz CT molecular complexity index is 2620. The summed E-state index contributed by atoms with van der Waals surface area (Å²) in [6, 6.07) is 12.0. The zero-order valence-corrected chi connectivity index (χ0v) is 37.7. The number of halogens is 1. The Labute approximate surface area is 384 Å². The molecule has 1 aromatic carbocycles. The number of fused-ring (bicyclic) bond motifs is 1. The van der Waals surface area contributed by atoms with E-state index in [-0.39, 0.29) is 47.3 Å². The first-order valence-corrected chi connectivity index (χ1v) is 24.2. The number of carbonyl (C=O) groups is 3. The van der Waals surface area contributed by atoms with Gasteiger partial charge < -0.3 is 20.4 Å². The molecule has 66 heavy (non-hydrogen) atoms. The van der Waals surface area contributed by atoms with E-state index in [0.29, 0.717) is 46.7 Å². The SMILES string of the molecule is CCC1(C(=O)NC2CCCC2)CCN(c2ccc(-c3nc(-c4cnn(C5CCC(N6CCC(c7ccc(NC8CCC(=O)NC8=O)cc7F)CC6)CC5)c4)cn4ncc(C#N)c34)cn2)CC1. The first kappa shape index (κ1) is 43.7. The summed E-state index contributed by atoms with van der Waals surface area (Å²) >= 11 is 0. The van der Waals surface area contributed by atoms with Crippen molar-refractivity contribution >= 4 is 34.7 Å². The molecular formula is C50H59FN12O3. The maximum absolute atomic E-state index is 15.4. The van der Waals surface area contributed by atoms with Gasteiger partial charge in [0.25, 0.3) is 0 Å². The van der Waals surface area contributed by atoms with E-state index in [1.165, 1.54) is 18.9 Å². The van der Waals surface area contributed by atoms with E-state index < -0.39 is 6.04 Å². The molecule has 5 aliphatic rings. The molecule has 10 rings (SSSR count). The Balaban J connectivity index is 0.755. The summed E-state index contributed by atoms with van der Waals surface area (Å²) < 4.78 is 19.2. The van der Waals surface area contributed by atoms with Gasteiger partial charge in [-0.05, 0) is 126 Å². The van der Waals surface area contributed by atoms with Gasteiger partial charge in [0.2, 0.25) is 17.7 Å². The number of benzene rings is 1. The van der Waals surface area contributed by atoms with Crippen molar-refractivity contribution in [3.05, 3.63) is 78.3 Å². The highest BCUT2D eigenvalue weighted by molar-refractivity contribution is 6.01. The third-order valence-corrected chi connectivity index (χ3v) is 15.5. The highest BCUT2D eigenvalue weighted by Crippen LogP contribution is 2.39. The van der Waals surface area contributed by atoms with E-state index in [0.717, 1.165) is 119 Å². The number of aromatic nitrogens is 6. The van der Waals surface area contributed by atoms with Crippen LogP contribution >= 0.6 is 0 Å². The van der Waals surface area contributed by atoms with Crippen molar-refractivity contribution in [2.24, 2.45) is 5.41 Å². The number of hydrogen-bond acceptors (Lipinski definition) is 11. The van der Waals surface area contributed by atoms with E-state index >= 15 is 4.39 Å². The molecular weight excluding hydrogens is 836 g/mol. The van der Waals surface area contributed by atoms with Gasteiger partial charge in [0.05, 0.1) is 41.4 Å². The van der Waals surface area contributed by atoms with Gasteiger partial charge in [-0.15, -0.1) is 0 Å². The highest BCUT2D eigenvalue weighted by Gasteiger charge is 2.41. The zero-order valence-electron chi connectivity index (χ0n) is 37.7. The Morgan fingerprint density at radius 3 is 2.36 bits per heavy atom. The van der Waals surface area contributed by atoms with Crippen molar-refractivity contribution in [1.29, 1.82) is 5.26 Å². The third-order valence-electron chi connectivity index (χ3n) is 15.5. The van der Waals surface area contributed by atoms with Crippen LogP contribution < -0.4 is 20.9 Å². The number of pyridine rings is 1. The number of piperidine rings is 3. The van der Waals surface area contributed by atoms with Crippen molar-refractivity contribution < 1.29 is 18.8 Å². The minimum absolute atomic E-state index is 0.144. The van der Waals surface area contributed by atoms with Crippen LogP contribution in [0.15, 0.2) is 61.3 Å². The molecule has 344 valence electrons. The van der Waals surface area contributed by atoms with Gasteiger partial charge in [0.15, 0.2) is 0 Å². The molecule has 16 heteroatoms. The largest absolute Gasteiger partial charge is 0.374 e. The van der Waals surface area contributed by atoms with E-state index in [1.807, 2.05) is 42.9 Å². The monoisotopic (exact) mass is 894 g/mol. The van der Waals surface area contributed by atoms with Crippen LogP contribution in [-0.4, -0.2) is 96.3 Å². The van der Waals surface area contributed by atoms with Gasteiger partial charge in [0.1, 0.15) is 34.8 Å². The van der Waals surface area contributed by atoms with Gasteiger partial charge in [-0.2, -0.15) is 15.5 Å². The summed E-state index contributed by atoms with van der Waals surface area (Å²) in [4.78, 5) is 52.0. The quantitative estimate of drug-likeness (QED) is 0.113. The fourth-order valence-corrected chi connectivity index (χ4v) is 11.4. The molecule has 7 heterocycles. The van der Waals surface area contributed by atoms with E-state index in [2.05, 4.69) is 54.7 Å². The molecule has 0 radical (unpaired) electrons. The van der Waals surface area contributed by atoms with Crippen LogP contribution in [0, 0.1) is 22.6 Å². The van der Waals surface area contributed by atoms with Crippen LogP contribution in [0.5, 0.6) is 0 Å². The van der Waals surface area contributed by atoms with Gasteiger partial charge in [-0.3, -0.25) is 24.4 Å². The molecule has 3 saturated heterocycles. The lowest BCUT2D eigenvalue weighted by Crippen LogP contribution is -2.50. The lowest BCUT2D eigenvalue weighted by Gasteiger charge is -2.41. The third kappa shape index (κ3) is 8.77. The van der Waals surface area contributed by atoms with Crippen molar-refractivity contribution in [1.82, 2.24) is 44.9 Å². The number of likely N-dealkylation sites (tertiary alicyclic amines) is 1. The molecule has 1 unspecified atom stereocenters. The fourth-order valence-electron chi connectivity index (χ4n) is 11.4. The normalized spacial score (nSPS) is 23.2. The fraction of sp³-hybridized carbons (Fsp3) is 0.520. The minimum Gasteiger partial charge on any atom is -0.374 e. The maximum atomic E-state index is 15.4. The Morgan fingerprint density at radius 2 is 1.67 bits per heavy atom. The summed E-state index contributed by atoms with van der Waals surface area (Å²) in [5.74, 6) is 0.325. The minimum atomic E-state index is -0.546. The van der Waals surface area contributed by atoms with Crippen LogP contribution in [0.25, 0.3) is 28.0 Å². The maximum Gasteiger partial charge on any atom is 0.249 e. The number of hydrogen-bond donors (Lipinski definition) is 3. The topological polar surface area (TPSA) is 178 Å². The molecule has 5 aromatic rings. The van der Waals surface area contributed by atoms with Crippen LogP contribution in [0.1, 0.15) is 126 Å². The summed E-state index contributed by atoms with van der Waals surface area (Å²) in [5.41, 5.74) is 5.01. The summed E-state index contributed by atoms with van der Waals surface area (Å²) in [5, 5.41) is 28.2.